The lowest BCUT2D eigenvalue weighted by molar-refractivity contribution is 0.288. The second kappa shape index (κ2) is 5.96. The summed E-state index contributed by atoms with van der Waals surface area (Å²) in [6.07, 6.45) is 6.59. The maximum absolute atomic E-state index is 5.92. The molecule has 2 aliphatic rings. The van der Waals surface area contributed by atoms with Crippen molar-refractivity contribution in [2.24, 2.45) is 5.92 Å². The number of nitrogens with zero attached hydrogens (tertiary/aromatic N) is 1. The molecule has 3 heteroatoms. The first-order chi connectivity index (χ1) is 10.0. The predicted molar refractivity (Wildman–Crippen MR) is 85.6 cm³/mol. The highest BCUT2D eigenvalue weighted by Gasteiger charge is 2.23. The molecule has 0 saturated heterocycles. The van der Waals surface area contributed by atoms with E-state index in [1.54, 1.807) is 0 Å². The van der Waals surface area contributed by atoms with Gasteiger partial charge in [-0.15, -0.1) is 0 Å². The van der Waals surface area contributed by atoms with Crippen LogP contribution in [0.3, 0.4) is 0 Å². The molecule has 0 bridgehead atoms. The van der Waals surface area contributed by atoms with Gasteiger partial charge >= 0.3 is 0 Å². The smallest absolute Gasteiger partial charge is 0.213 e. The van der Waals surface area contributed by atoms with Crippen LogP contribution < -0.4 is 10.1 Å². The average molecular weight is 288 g/mol. The lowest BCUT2D eigenvalue weighted by atomic mass is 9.91. The highest BCUT2D eigenvalue weighted by atomic mass is 16.5. The molecule has 1 heterocycles. The van der Waals surface area contributed by atoms with Crippen molar-refractivity contribution in [1.82, 2.24) is 10.3 Å². The molecule has 0 amide bonds. The third-order valence-corrected chi connectivity index (χ3v) is 4.28. The van der Waals surface area contributed by atoms with Crippen molar-refractivity contribution in [2.45, 2.75) is 70.9 Å². The normalized spacial score (nSPS) is 18.8. The van der Waals surface area contributed by atoms with Crippen molar-refractivity contribution in [3.63, 3.8) is 0 Å². The van der Waals surface area contributed by atoms with Gasteiger partial charge in [0.2, 0.25) is 5.88 Å². The summed E-state index contributed by atoms with van der Waals surface area (Å²) in [7, 11) is 0. The van der Waals surface area contributed by atoms with Crippen LogP contribution in [0.2, 0.25) is 0 Å². The van der Waals surface area contributed by atoms with Gasteiger partial charge in [0, 0.05) is 24.1 Å². The number of ether oxygens (including phenoxy) is 1. The summed E-state index contributed by atoms with van der Waals surface area (Å²) in [5.74, 6) is 1.71. The molecule has 3 rings (SSSR count). The first-order valence-corrected chi connectivity index (χ1v) is 8.38. The molecule has 1 aromatic heterocycles. The molecule has 2 aliphatic carbocycles. The number of aromatic nitrogens is 1. The van der Waals surface area contributed by atoms with Gasteiger partial charge < -0.3 is 10.1 Å². The van der Waals surface area contributed by atoms with Crippen LogP contribution in [0.5, 0.6) is 5.88 Å². The lowest BCUT2D eigenvalue weighted by Gasteiger charge is -2.20. The fraction of sp³-hybridized carbons (Fsp3) is 0.722. The number of hydrogen-bond acceptors (Lipinski definition) is 3. The largest absolute Gasteiger partial charge is 0.478 e. The summed E-state index contributed by atoms with van der Waals surface area (Å²) in [5.41, 5.74) is 2.48. The number of nitrogens with one attached hydrogen (secondary N) is 1. The quantitative estimate of drug-likeness (QED) is 0.828. The van der Waals surface area contributed by atoms with E-state index in [4.69, 9.17) is 9.72 Å². The van der Waals surface area contributed by atoms with Crippen molar-refractivity contribution in [1.29, 1.82) is 0 Å². The van der Waals surface area contributed by atoms with Gasteiger partial charge in [0.15, 0.2) is 0 Å². The van der Waals surface area contributed by atoms with Gasteiger partial charge in [-0.2, -0.15) is 0 Å². The molecule has 21 heavy (non-hydrogen) atoms. The highest BCUT2D eigenvalue weighted by Crippen LogP contribution is 2.32. The fourth-order valence-corrected chi connectivity index (χ4v) is 2.41. The van der Waals surface area contributed by atoms with Crippen LogP contribution in [0.25, 0.3) is 0 Å². The zero-order valence-corrected chi connectivity index (χ0v) is 13.6. The number of hydrogen-bond donors (Lipinski definition) is 1. The first-order valence-electron chi connectivity index (χ1n) is 8.38. The molecule has 2 fully saturated rings. The van der Waals surface area contributed by atoms with E-state index < -0.39 is 0 Å². The Morgan fingerprint density at radius 1 is 1.19 bits per heavy atom. The molecule has 0 spiro atoms. The third kappa shape index (κ3) is 4.70. The van der Waals surface area contributed by atoms with Gasteiger partial charge in [-0.1, -0.05) is 33.6 Å². The maximum atomic E-state index is 5.92. The van der Waals surface area contributed by atoms with Gasteiger partial charge in [-0.25, -0.2) is 4.98 Å². The summed E-state index contributed by atoms with van der Waals surface area (Å²) >= 11 is 0. The van der Waals surface area contributed by atoms with Crippen LogP contribution in [-0.2, 0) is 12.0 Å². The summed E-state index contributed by atoms with van der Waals surface area (Å²) < 4.78 is 5.92. The standard InChI is InChI=1S/C18H28N2O/c1-18(2,3)16-10-14(12-19-15-6-7-15)11-17(20-16)21-9-8-13-4-5-13/h10-11,13,15,19H,4-9,12H2,1-3H3. The minimum atomic E-state index is 0.0597. The molecule has 0 aromatic carbocycles. The van der Waals surface area contributed by atoms with Crippen LogP contribution in [0.15, 0.2) is 12.1 Å². The molecule has 1 N–H and O–H groups in total. The van der Waals surface area contributed by atoms with Crippen LogP contribution >= 0.6 is 0 Å². The number of rotatable bonds is 7. The number of pyridine rings is 1. The summed E-state index contributed by atoms with van der Waals surface area (Å²) in [6.45, 7) is 8.36. The van der Waals surface area contributed by atoms with Gasteiger partial charge in [-0.3, -0.25) is 0 Å². The fourth-order valence-electron chi connectivity index (χ4n) is 2.41. The summed E-state index contributed by atoms with van der Waals surface area (Å²) in [6, 6.07) is 5.07. The Morgan fingerprint density at radius 3 is 2.57 bits per heavy atom. The predicted octanol–water partition coefficient (Wildman–Crippen LogP) is 3.81. The van der Waals surface area contributed by atoms with E-state index >= 15 is 0 Å². The first kappa shape index (κ1) is 14.8. The topological polar surface area (TPSA) is 34.1 Å². The van der Waals surface area contributed by atoms with E-state index in [0.717, 1.165) is 36.7 Å². The third-order valence-electron chi connectivity index (χ3n) is 4.28. The van der Waals surface area contributed by atoms with E-state index in [-0.39, 0.29) is 5.41 Å². The highest BCUT2D eigenvalue weighted by molar-refractivity contribution is 5.28. The van der Waals surface area contributed by atoms with E-state index in [1.807, 2.05) is 0 Å². The van der Waals surface area contributed by atoms with Gasteiger partial charge in [0.05, 0.1) is 12.3 Å². The van der Waals surface area contributed by atoms with E-state index in [2.05, 4.69) is 38.2 Å². The molecule has 0 unspecified atom stereocenters. The Labute approximate surface area is 128 Å². The Balaban J connectivity index is 1.67. The van der Waals surface area contributed by atoms with Crippen molar-refractivity contribution in [2.75, 3.05) is 6.61 Å². The summed E-state index contributed by atoms with van der Waals surface area (Å²) in [5, 5.41) is 3.58. The Hall–Kier alpha value is -1.09. The van der Waals surface area contributed by atoms with E-state index in [0.29, 0.717) is 0 Å². The van der Waals surface area contributed by atoms with Gasteiger partial charge in [-0.05, 0) is 36.8 Å². The molecule has 3 nitrogen and oxygen atoms in total. The van der Waals surface area contributed by atoms with Crippen molar-refractivity contribution < 1.29 is 4.74 Å². The Kier molecular flexibility index (Phi) is 4.21. The van der Waals surface area contributed by atoms with E-state index in [1.165, 1.54) is 37.7 Å². The zero-order chi connectivity index (χ0) is 14.9. The van der Waals surface area contributed by atoms with E-state index in [9.17, 15) is 0 Å². The van der Waals surface area contributed by atoms with Crippen LogP contribution in [0.1, 0.15) is 64.1 Å². The Bertz CT molecular complexity index is 484. The summed E-state index contributed by atoms with van der Waals surface area (Å²) in [4.78, 5) is 4.71. The van der Waals surface area contributed by atoms with Crippen LogP contribution in [0.4, 0.5) is 0 Å². The molecular weight excluding hydrogens is 260 g/mol. The van der Waals surface area contributed by atoms with Gasteiger partial charge in [0.1, 0.15) is 0 Å². The minimum Gasteiger partial charge on any atom is -0.478 e. The lowest BCUT2D eigenvalue weighted by Crippen LogP contribution is -2.18. The van der Waals surface area contributed by atoms with Crippen molar-refractivity contribution >= 4 is 0 Å². The second-order valence-corrected chi connectivity index (χ2v) is 7.68. The minimum absolute atomic E-state index is 0.0597. The maximum Gasteiger partial charge on any atom is 0.213 e. The molecule has 1 aromatic rings. The van der Waals surface area contributed by atoms with Gasteiger partial charge in [0.25, 0.3) is 0 Å². The van der Waals surface area contributed by atoms with Crippen molar-refractivity contribution in [3.8, 4) is 5.88 Å². The second-order valence-electron chi connectivity index (χ2n) is 7.68. The monoisotopic (exact) mass is 288 g/mol. The van der Waals surface area contributed by atoms with Crippen LogP contribution in [0, 0.1) is 5.92 Å². The SMILES string of the molecule is CC(C)(C)c1cc(CNC2CC2)cc(OCCC2CC2)n1. The molecule has 116 valence electrons. The molecule has 0 atom stereocenters. The molecule has 0 radical (unpaired) electrons. The molecule has 0 aliphatic heterocycles. The Morgan fingerprint density at radius 2 is 1.95 bits per heavy atom. The average Bonchev–Trinajstić information content (AvgIpc) is 3.29. The molecule has 2 saturated carbocycles. The molecular formula is C18H28N2O. The van der Waals surface area contributed by atoms with Crippen molar-refractivity contribution in [3.05, 3.63) is 23.4 Å². The zero-order valence-electron chi connectivity index (χ0n) is 13.6. The van der Waals surface area contributed by atoms with Crippen LogP contribution in [-0.4, -0.2) is 17.6 Å².